The zero-order valence-electron chi connectivity index (χ0n) is 21.6. The van der Waals surface area contributed by atoms with Gasteiger partial charge >= 0.3 is 11.9 Å². The Kier molecular flexibility index (Phi) is 17.9. The number of hydrogen-bond acceptors (Lipinski definition) is 4. The Morgan fingerprint density at radius 1 is 0.710 bits per heavy atom. The molecule has 0 fully saturated rings. The van der Waals surface area contributed by atoms with Crippen molar-refractivity contribution in [2.24, 2.45) is 11.3 Å². The fourth-order valence-electron chi connectivity index (χ4n) is 3.82. The van der Waals surface area contributed by atoms with Crippen LogP contribution in [0, 0.1) is 11.3 Å². The second-order valence-electron chi connectivity index (χ2n) is 10.1. The summed E-state index contributed by atoms with van der Waals surface area (Å²) < 4.78 is 10.6. The number of carbonyl (C=O) groups excluding carboxylic acids is 2. The maximum Gasteiger partial charge on any atom is 0.347 e. The van der Waals surface area contributed by atoms with Gasteiger partial charge in [-0.05, 0) is 27.2 Å². The molecule has 0 spiro atoms. The summed E-state index contributed by atoms with van der Waals surface area (Å²) in [4.78, 5) is 24.7. The summed E-state index contributed by atoms with van der Waals surface area (Å²) in [5.41, 5.74) is -0.573. The zero-order valence-corrected chi connectivity index (χ0v) is 21.6. The van der Waals surface area contributed by atoms with E-state index in [9.17, 15) is 9.59 Å². The standard InChI is InChI=1S/C27H52O4/c1-7-9-10-11-12-13-14-15-16-17-18-19-20-21-22-27(5,6)26(29)31-24(23(3)4)25(28)30-8-2/h23-24H,7-22H2,1-6H3. The van der Waals surface area contributed by atoms with Crippen molar-refractivity contribution in [1.29, 1.82) is 0 Å². The minimum Gasteiger partial charge on any atom is -0.463 e. The molecule has 1 unspecified atom stereocenters. The predicted molar refractivity (Wildman–Crippen MR) is 130 cm³/mol. The van der Waals surface area contributed by atoms with E-state index in [1.807, 2.05) is 27.7 Å². The van der Waals surface area contributed by atoms with Crippen molar-refractivity contribution in [3.63, 3.8) is 0 Å². The van der Waals surface area contributed by atoms with E-state index in [-0.39, 0.29) is 11.9 Å². The van der Waals surface area contributed by atoms with Crippen LogP contribution in [0.5, 0.6) is 0 Å². The molecule has 0 rings (SSSR count). The van der Waals surface area contributed by atoms with Gasteiger partial charge in [-0.3, -0.25) is 4.79 Å². The van der Waals surface area contributed by atoms with Crippen molar-refractivity contribution in [1.82, 2.24) is 0 Å². The molecule has 0 bridgehead atoms. The lowest BCUT2D eigenvalue weighted by Crippen LogP contribution is -2.38. The molecule has 4 nitrogen and oxygen atoms in total. The highest BCUT2D eigenvalue weighted by atomic mass is 16.6. The molecule has 0 N–H and O–H groups in total. The smallest absolute Gasteiger partial charge is 0.347 e. The number of rotatable bonds is 20. The van der Waals surface area contributed by atoms with Gasteiger partial charge in [0.25, 0.3) is 0 Å². The minimum atomic E-state index is -0.817. The van der Waals surface area contributed by atoms with E-state index in [1.165, 1.54) is 77.0 Å². The van der Waals surface area contributed by atoms with Gasteiger partial charge in [0.15, 0.2) is 0 Å². The van der Waals surface area contributed by atoms with E-state index < -0.39 is 17.5 Å². The van der Waals surface area contributed by atoms with Crippen LogP contribution in [0.1, 0.15) is 138 Å². The van der Waals surface area contributed by atoms with Crippen LogP contribution in [0.2, 0.25) is 0 Å². The Morgan fingerprint density at radius 2 is 1.13 bits per heavy atom. The van der Waals surface area contributed by atoms with Gasteiger partial charge in [-0.2, -0.15) is 0 Å². The van der Waals surface area contributed by atoms with E-state index in [0.717, 1.165) is 19.3 Å². The summed E-state index contributed by atoms with van der Waals surface area (Å²) >= 11 is 0. The second kappa shape index (κ2) is 18.5. The van der Waals surface area contributed by atoms with E-state index in [1.54, 1.807) is 6.92 Å². The molecule has 0 saturated carbocycles. The Balaban J connectivity index is 3.85. The molecule has 0 aliphatic rings. The molecular formula is C27H52O4. The number of carbonyl (C=O) groups is 2. The highest BCUT2D eigenvalue weighted by Gasteiger charge is 2.35. The SMILES string of the molecule is CCCCCCCCCCCCCCCCC(C)(C)C(=O)OC(C(=O)OCC)C(C)C. The maximum absolute atomic E-state index is 12.6. The summed E-state index contributed by atoms with van der Waals surface area (Å²) in [6, 6.07) is 0. The van der Waals surface area contributed by atoms with Gasteiger partial charge in [-0.25, -0.2) is 4.79 Å². The van der Waals surface area contributed by atoms with E-state index in [4.69, 9.17) is 9.47 Å². The molecule has 1 atom stereocenters. The fraction of sp³-hybridized carbons (Fsp3) is 0.926. The molecule has 0 aromatic carbocycles. The molecule has 0 heterocycles. The Labute approximate surface area is 193 Å². The number of hydrogen-bond donors (Lipinski definition) is 0. The van der Waals surface area contributed by atoms with Crippen LogP contribution in [-0.4, -0.2) is 24.6 Å². The van der Waals surface area contributed by atoms with Gasteiger partial charge in [-0.1, -0.05) is 111 Å². The monoisotopic (exact) mass is 440 g/mol. The second-order valence-corrected chi connectivity index (χ2v) is 10.1. The third kappa shape index (κ3) is 15.4. The normalized spacial score (nSPS) is 12.7. The van der Waals surface area contributed by atoms with Crippen LogP contribution < -0.4 is 0 Å². The Hall–Kier alpha value is -1.06. The van der Waals surface area contributed by atoms with Gasteiger partial charge in [0.1, 0.15) is 0 Å². The molecule has 0 aromatic heterocycles. The van der Waals surface area contributed by atoms with Gasteiger partial charge in [0.2, 0.25) is 6.10 Å². The van der Waals surface area contributed by atoms with Crippen LogP contribution >= 0.6 is 0 Å². The topological polar surface area (TPSA) is 52.6 Å². The van der Waals surface area contributed by atoms with Crippen molar-refractivity contribution < 1.29 is 19.1 Å². The van der Waals surface area contributed by atoms with Crippen molar-refractivity contribution in [3.05, 3.63) is 0 Å². The maximum atomic E-state index is 12.6. The zero-order chi connectivity index (χ0) is 23.5. The molecule has 0 amide bonds. The quantitative estimate of drug-likeness (QED) is 0.142. The average molecular weight is 441 g/mol. The van der Waals surface area contributed by atoms with Gasteiger partial charge in [0, 0.05) is 5.92 Å². The van der Waals surface area contributed by atoms with Crippen LogP contribution in [0.15, 0.2) is 0 Å². The molecule has 0 aromatic rings. The van der Waals surface area contributed by atoms with E-state index in [2.05, 4.69) is 6.92 Å². The summed E-state index contributed by atoms with van der Waals surface area (Å²) in [7, 11) is 0. The number of unbranched alkanes of at least 4 members (excludes halogenated alkanes) is 13. The van der Waals surface area contributed by atoms with Crippen LogP contribution in [-0.2, 0) is 19.1 Å². The largest absolute Gasteiger partial charge is 0.463 e. The van der Waals surface area contributed by atoms with E-state index in [0.29, 0.717) is 6.61 Å². The predicted octanol–water partition coefficient (Wildman–Crippen LogP) is 8.01. The summed E-state index contributed by atoms with van der Waals surface area (Å²) in [5, 5.41) is 0. The van der Waals surface area contributed by atoms with Gasteiger partial charge in [-0.15, -0.1) is 0 Å². The van der Waals surface area contributed by atoms with E-state index >= 15 is 0 Å². The van der Waals surface area contributed by atoms with Gasteiger partial charge < -0.3 is 9.47 Å². The summed E-state index contributed by atoms with van der Waals surface area (Å²) in [6.07, 6.45) is 18.5. The van der Waals surface area contributed by atoms with Crippen molar-refractivity contribution >= 4 is 11.9 Å². The third-order valence-corrected chi connectivity index (χ3v) is 6.07. The number of esters is 2. The van der Waals surface area contributed by atoms with Crippen molar-refractivity contribution in [2.75, 3.05) is 6.61 Å². The lowest BCUT2D eigenvalue weighted by molar-refractivity contribution is -0.176. The molecule has 0 saturated heterocycles. The molecule has 0 aliphatic heterocycles. The fourth-order valence-corrected chi connectivity index (χ4v) is 3.82. The Morgan fingerprint density at radius 3 is 1.52 bits per heavy atom. The molecular weight excluding hydrogens is 388 g/mol. The highest BCUT2D eigenvalue weighted by molar-refractivity contribution is 5.82. The number of ether oxygens (including phenoxy) is 2. The lowest BCUT2D eigenvalue weighted by atomic mass is 9.86. The van der Waals surface area contributed by atoms with Crippen molar-refractivity contribution in [2.45, 2.75) is 144 Å². The van der Waals surface area contributed by atoms with Crippen LogP contribution in [0.3, 0.4) is 0 Å². The van der Waals surface area contributed by atoms with Crippen molar-refractivity contribution in [3.8, 4) is 0 Å². The van der Waals surface area contributed by atoms with Crippen LogP contribution in [0.4, 0.5) is 0 Å². The Bertz CT molecular complexity index is 456. The first-order valence-electron chi connectivity index (χ1n) is 13.1. The first-order chi connectivity index (χ1) is 14.8. The highest BCUT2D eigenvalue weighted by Crippen LogP contribution is 2.27. The van der Waals surface area contributed by atoms with Gasteiger partial charge in [0.05, 0.1) is 12.0 Å². The molecule has 0 aliphatic carbocycles. The summed E-state index contributed by atoms with van der Waals surface area (Å²) in [6.45, 7) is 11.9. The molecule has 31 heavy (non-hydrogen) atoms. The third-order valence-electron chi connectivity index (χ3n) is 6.07. The van der Waals surface area contributed by atoms with Crippen LogP contribution in [0.25, 0.3) is 0 Å². The molecule has 0 radical (unpaired) electrons. The first kappa shape index (κ1) is 29.9. The molecule has 184 valence electrons. The molecule has 4 heteroatoms. The minimum absolute atomic E-state index is 0.0974. The lowest BCUT2D eigenvalue weighted by Gasteiger charge is -2.27. The first-order valence-corrected chi connectivity index (χ1v) is 13.1. The summed E-state index contributed by atoms with van der Waals surface area (Å²) in [5.74, 6) is -0.841. The average Bonchev–Trinajstić information content (AvgIpc) is 2.71.